The Morgan fingerprint density at radius 3 is 2.87 bits per heavy atom. The lowest BCUT2D eigenvalue weighted by atomic mass is 9.96. The minimum atomic E-state index is -0.868. The van der Waals surface area contributed by atoms with Crippen LogP contribution in [0.25, 0.3) is 6.08 Å². The van der Waals surface area contributed by atoms with Crippen molar-refractivity contribution in [2.45, 2.75) is 18.4 Å². The molecule has 0 radical (unpaired) electrons. The topological polar surface area (TPSA) is 41.6 Å². The Bertz CT molecular complexity index is 592. The number of methoxy groups -OCH3 is 1. The molecule has 23 heavy (non-hydrogen) atoms. The van der Waals surface area contributed by atoms with Crippen LogP contribution < -0.4 is 5.32 Å². The van der Waals surface area contributed by atoms with Gasteiger partial charge in [0.15, 0.2) is 11.6 Å². The fourth-order valence-electron chi connectivity index (χ4n) is 3.09. The van der Waals surface area contributed by atoms with Crippen LogP contribution in [0.2, 0.25) is 0 Å². The minimum absolute atomic E-state index is 0.0573. The number of amides is 1. The number of rotatable bonds is 6. The van der Waals surface area contributed by atoms with Gasteiger partial charge in [0.2, 0.25) is 5.91 Å². The zero-order valence-electron chi connectivity index (χ0n) is 13.4. The van der Waals surface area contributed by atoms with E-state index in [1.54, 1.807) is 20.2 Å². The van der Waals surface area contributed by atoms with Crippen molar-refractivity contribution in [3.63, 3.8) is 0 Å². The zero-order valence-corrected chi connectivity index (χ0v) is 13.4. The molecule has 1 amide bonds. The van der Waals surface area contributed by atoms with Gasteiger partial charge in [0, 0.05) is 20.7 Å². The molecule has 0 bridgehead atoms. The smallest absolute Gasteiger partial charge is 0.242 e. The Morgan fingerprint density at radius 1 is 1.43 bits per heavy atom. The lowest BCUT2D eigenvalue weighted by Crippen LogP contribution is -2.57. The maximum absolute atomic E-state index is 13.2. The third kappa shape index (κ3) is 3.76. The number of likely N-dealkylation sites (N-methyl/N-ethyl adjacent to an activating group) is 1. The van der Waals surface area contributed by atoms with Gasteiger partial charge in [-0.25, -0.2) is 8.78 Å². The predicted octanol–water partition coefficient (Wildman–Crippen LogP) is 2.20. The van der Waals surface area contributed by atoms with Crippen LogP contribution in [0, 0.1) is 11.6 Å². The SMILES string of the molecule is CNC(=O)C1(COC)CCCN1C/C=C/c1ccc(F)c(F)c1. The van der Waals surface area contributed by atoms with Gasteiger partial charge in [0.05, 0.1) is 6.61 Å². The molecule has 1 saturated heterocycles. The highest BCUT2D eigenvalue weighted by molar-refractivity contribution is 5.86. The van der Waals surface area contributed by atoms with E-state index in [4.69, 9.17) is 4.74 Å². The lowest BCUT2D eigenvalue weighted by molar-refractivity contribution is -0.134. The minimum Gasteiger partial charge on any atom is -0.382 e. The van der Waals surface area contributed by atoms with Gasteiger partial charge in [-0.2, -0.15) is 0 Å². The molecule has 1 heterocycles. The van der Waals surface area contributed by atoms with E-state index < -0.39 is 17.2 Å². The van der Waals surface area contributed by atoms with E-state index in [9.17, 15) is 13.6 Å². The normalized spacial score (nSPS) is 21.9. The van der Waals surface area contributed by atoms with E-state index in [1.165, 1.54) is 6.07 Å². The summed E-state index contributed by atoms with van der Waals surface area (Å²) in [5, 5.41) is 2.71. The second kappa shape index (κ2) is 7.66. The van der Waals surface area contributed by atoms with Gasteiger partial charge in [-0.3, -0.25) is 9.69 Å². The first-order valence-corrected chi connectivity index (χ1v) is 7.61. The summed E-state index contributed by atoms with van der Waals surface area (Å²) < 4.78 is 31.4. The van der Waals surface area contributed by atoms with Crippen molar-refractivity contribution in [2.24, 2.45) is 0 Å². The predicted molar refractivity (Wildman–Crippen MR) is 84.9 cm³/mol. The molecule has 1 fully saturated rings. The second-order valence-electron chi connectivity index (χ2n) is 5.67. The number of halogens is 2. The largest absolute Gasteiger partial charge is 0.382 e. The summed E-state index contributed by atoms with van der Waals surface area (Å²) in [6, 6.07) is 3.77. The van der Waals surface area contributed by atoms with E-state index in [-0.39, 0.29) is 5.91 Å². The number of carbonyl (C=O) groups excluding carboxylic acids is 1. The van der Waals surface area contributed by atoms with E-state index in [0.29, 0.717) is 18.7 Å². The van der Waals surface area contributed by atoms with Crippen molar-refractivity contribution in [3.05, 3.63) is 41.5 Å². The van der Waals surface area contributed by atoms with Crippen LogP contribution in [-0.2, 0) is 9.53 Å². The van der Waals surface area contributed by atoms with Crippen LogP contribution in [0.15, 0.2) is 24.3 Å². The number of likely N-dealkylation sites (tertiary alicyclic amines) is 1. The van der Waals surface area contributed by atoms with Gasteiger partial charge in [0.1, 0.15) is 5.54 Å². The third-order valence-corrected chi connectivity index (χ3v) is 4.24. The molecular weight excluding hydrogens is 302 g/mol. The van der Waals surface area contributed by atoms with Crippen LogP contribution in [-0.4, -0.2) is 50.2 Å². The first kappa shape index (κ1) is 17.6. The summed E-state index contributed by atoms with van der Waals surface area (Å²) in [7, 11) is 3.20. The lowest BCUT2D eigenvalue weighted by Gasteiger charge is -2.35. The van der Waals surface area contributed by atoms with Crippen molar-refractivity contribution >= 4 is 12.0 Å². The van der Waals surface area contributed by atoms with Crippen molar-refractivity contribution < 1.29 is 18.3 Å². The molecule has 6 heteroatoms. The van der Waals surface area contributed by atoms with Gasteiger partial charge in [0.25, 0.3) is 0 Å². The molecular formula is C17H22F2N2O2. The molecule has 1 aromatic rings. The van der Waals surface area contributed by atoms with Crippen LogP contribution in [0.4, 0.5) is 8.78 Å². The average molecular weight is 324 g/mol. The highest BCUT2D eigenvalue weighted by atomic mass is 19.2. The number of carbonyl (C=O) groups is 1. The Hall–Kier alpha value is -1.79. The number of benzene rings is 1. The summed E-state index contributed by atoms with van der Waals surface area (Å²) in [4.78, 5) is 14.4. The Kier molecular flexibility index (Phi) is 5.85. The van der Waals surface area contributed by atoms with Gasteiger partial charge in [-0.1, -0.05) is 18.2 Å². The molecule has 2 rings (SSSR count). The Labute approximate surface area is 135 Å². The van der Waals surface area contributed by atoms with Gasteiger partial charge in [-0.15, -0.1) is 0 Å². The van der Waals surface area contributed by atoms with Crippen LogP contribution in [0.5, 0.6) is 0 Å². The highest BCUT2D eigenvalue weighted by Gasteiger charge is 2.46. The molecule has 0 spiro atoms. The van der Waals surface area contributed by atoms with Crippen LogP contribution in [0.3, 0.4) is 0 Å². The van der Waals surface area contributed by atoms with Crippen molar-refractivity contribution in [2.75, 3.05) is 33.9 Å². The second-order valence-corrected chi connectivity index (χ2v) is 5.67. The maximum Gasteiger partial charge on any atom is 0.242 e. The third-order valence-electron chi connectivity index (χ3n) is 4.24. The molecule has 0 aliphatic carbocycles. The first-order chi connectivity index (χ1) is 11.0. The molecule has 1 aromatic carbocycles. The number of hydrogen-bond donors (Lipinski definition) is 1. The van der Waals surface area contributed by atoms with E-state index in [2.05, 4.69) is 10.2 Å². The molecule has 1 aliphatic rings. The van der Waals surface area contributed by atoms with E-state index in [0.717, 1.165) is 31.5 Å². The summed E-state index contributed by atoms with van der Waals surface area (Å²) in [6.45, 7) is 1.65. The summed E-state index contributed by atoms with van der Waals surface area (Å²) in [5.41, 5.74) is -0.0811. The molecule has 1 N–H and O–H groups in total. The van der Waals surface area contributed by atoms with E-state index >= 15 is 0 Å². The molecule has 0 aromatic heterocycles. The number of ether oxygens (including phenoxy) is 1. The fraction of sp³-hybridized carbons (Fsp3) is 0.471. The van der Waals surface area contributed by atoms with Crippen molar-refractivity contribution in [3.8, 4) is 0 Å². The van der Waals surface area contributed by atoms with Crippen molar-refractivity contribution in [1.29, 1.82) is 0 Å². The molecule has 1 aliphatic heterocycles. The number of nitrogens with zero attached hydrogens (tertiary/aromatic N) is 1. The molecule has 126 valence electrons. The Balaban J connectivity index is 2.09. The number of nitrogens with one attached hydrogen (secondary N) is 1. The molecule has 0 saturated carbocycles. The summed E-state index contributed by atoms with van der Waals surface area (Å²) >= 11 is 0. The molecule has 4 nitrogen and oxygen atoms in total. The quantitative estimate of drug-likeness (QED) is 0.872. The molecule has 1 unspecified atom stereocenters. The number of hydrogen-bond acceptors (Lipinski definition) is 3. The maximum atomic E-state index is 13.2. The van der Waals surface area contributed by atoms with Gasteiger partial charge >= 0.3 is 0 Å². The van der Waals surface area contributed by atoms with Gasteiger partial charge < -0.3 is 10.1 Å². The molecule has 1 atom stereocenters. The average Bonchev–Trinajstić information content (AvgIpc) is 2.94. The fourth-order valence-corrected chi connectivity index (χ4v) is 3.09. The van der Waals surface area contributed by atoms with Crippen LogP contribution >= 0.6 is 0 Å². The van der Waals surface area contributed by atoms with Gasteiger partial charge in [-0.05, 0) is 37.1 Å². The standard InChI is InChI=1S/C17H22F2N2O2/c1-20-16(22)17(12-23-2)8-4-10-21(17)9-3-5-13-6-7-14(18)15(19)11-13/h3,5-7,11H,4,8-10,12H2,1-2H3,(H,20,22)/b5-3+. The zero-order chi connectivity index (χ0) is 16.9. The van der Waals surface area contributed by atoms with Crippen molar-refractivity contribution in [1.82, 2.24) is 10.2 Å². The summed E-state index contributed by atoms with van der Waals surface area (Å²) in [6.07, 6.45) is 5.23. The first-order valence-electron chi connectivity index (χ1n) is 7.61. The van der Waals surface area contributed by atoms with E-state index in [1.807, 2.05) is 6.08 Å². The van der Waals surface area contributed by atoms with Crippen LogP contribution in [0.1, 0.15) is 18.4 Å². The highest BCUT2D eigenvalue weighted by Crippen LogP contribution is 2.30. The Morgan fingerprint density at radius 2 is 2.22 bits per heavy atom. The summed E-state index contributed by atoms with van der Waals surface area (Å²) in [5.74, 6) is -1.79. The monoisotopic (exact) mass is 324 g/mol.